The second-order valence-electron chi connectivity index (χ2n) is 5.86. The number of rotatable bonds is 5. The van der Waals surface area contributed by atoms with Crippen molar-refractivity contribution in [3.63, 3.8) is 0 Å². The van der Waals surface area contributed by atoms with Crippen molar-refractivity contribution < 1.29 is 24.2 Å². The number of amides is 2. The number of urea groups is 1. The molecule has 0 saturated carbocycles. The summed E-state index contributed by atoms with van der Waals surface area (Å²) in [5.41, 5.74) is 1.96. The molecule has 0 radical (unpaired) electrons. The fourth-order valence-electron chi connectivity index (χ4n) is 2.90. The SMILES string of the molecule is CCOC(=O)C1=C(c2ccc(OC)cc2)NC(=O)NC1c1ccc(O)cc1. The average Bonchev–Trinajstić information content (AvgIpc) is 2.68. The summed E-state index contributed by atoms with van der Waals surface area (Å²) >= 11 is 0. The van der Waals surface area contributed by atoms with Gasteiger partial charge >= 0.3 is 12.0 Å². The Morgan fingerprint density at radius 1 is 1.11 bits per heavy atom. The zero-order chi connectivity index (χ0) is 19.4. The van der Waals surface area contributed by atoms with E-state index in [-0.39, 0.29) is 17.9 Å². The number of aromatic hydroxyl groups is 1. The van der Waals surface area contributed by atoms with Gasteiger partial charge in [0.15, 0.2) is 0 Å². The molecule has 0 spiro atoms. The van der Waals surface area contributed by atoms with Gasteiger partial charge in [-0.05, 0) is 54.4 Å². The molecule has 1 unspecified atom stereocenters. The Labute approximate surface area is 156 Å². The molecular weight excluding hydrogens is 348 g/mol. The summed E-state index contributed by atoms with van der Waals surface area (Å²) < 4.78 is 10.4. The fourth-order valence-corrected chi connectivity index (χ4v) is 2.90. The quantitative estimate of drug-likeness (QED) is 0.705. The van der Waals surface area contributed by atoms with Gasteiger partial charge in [-0.1, -0.05) is 12.1 Å². The molecule has 0 saturated heterocycles. The normalized spacial score (nSPS) is 16.4. The molecule has 0 bridgehead atoms. The van der Waals surface area contributed by atoms with E-state index >= 15 is 0 Å². The second kappa shape index (κ2) is 7.82. The standard InChI is InChI=1S/C20H20N2O5/c1-3-27-19(24)16-17(12-4-8-14(23)9-5-12)21-20(25)22-18(16)13-6-10-15(26-2)11-7-13/h4-11,17,23H,3H2,1-2H3,(H2,21,22,25). The van der Waals surface area contributed by atoms with Crippen LogP contribution in [0.5, 0.6) is 11.5 Å². The zero-order valence-corrected chi connectivity index (χ0v) is 15.0. The molecule has 140 valence electrons. The van der Waals surface area contributed by atoms with Gasteiger partial charge in [0, 0.05) is 0 Å². The van der Waals surface area contributed by atoms with Crippen LogP contribution >= 0.6 is 0 Å². The zero-order valence-electron chi connectivity index (χ0n) is 15.0. The number of phenolic OH excluding ortho intramolecular Hbond substituents is 1. The van der Waals surface area contributed by atoms with Crippen molar-refractivity contribution in [3.8, 4) is 11.5 Å². The van der Waals surface area contributed by atoms with Crippen LogP contribution in [-0.2, 0) is 9.53 Å². The number of hydrogen-bond donors (Lipinski definition) is 3. The van der Waals surface area contributed by atoms with Gasteiger partial charge in [-0.15, -0.1) is 0 Å². The average molecular weight is 368 g/mol. The Balaban J connectivity index is 2.14. The summed E-state index contributed by atoms with van der Waals surface area (Å²) in [6.45, 7) is 1.92. The highest BCUT2D eigenvalue weighted by Gasteiger charge is 2.34. The van der Waals surface area contributed by atoms with E-state index in [0.29, 0.717) is 22.6 Å². The van der Waals surface area contributed by atoms with Crippen molar-refractivity contribution >= 4 is 17.7 Å². The van der Waals surface area contributed by atoms with E-state index in [1.807, 2.05) is 0 Å². The molecule has 1 aliphatic heterocycles. The van der Waals surface area contributed by atoms with Gasteiger partial charge in [0.25, 0.3) is 0 Å². The van der Waals surface area contributed by atoms with Crippen molar-refractivity contribution in [2.24, 2.45) is 0 Å². The molecule has 0 aromatic heterocycles. The summed E-state index contributed by atoms with van der Waals surface area (Å²) in [5.74, 6) is 0.220. The molecule has 3 rings (SSSR count). The molecule has 2 amide bonds. The molecule has 7 heteroatoms. The van der Waals surface area contributed by atoms with Crippen molar-refractivity contribution in [1.29, 1.82) is 0 Å². The smallest absolute Gasteiger partial charge is 0.338 e. The third-order valence-electron chi connectivity index (χ3n) is 4.17. The van der Waals surface area contributed by atoms with E-state index in [4.69, 9.17) is 9.47 Å². The Morgan fingerprint density at radius 3 is 2.37 bits per heavy atom. The van der Waals surface area contributed by atoms with Crippen LogP contribution in [0.2, 0.25) is 0 Å². The summed E-state index contributed by atoms with van der Waals surface area (Å²) in [6, 6.07) is 12.2. The first-order valence-electron chi connectivity index (χ1n) is 8.45. The molecule has 2 aromatic rings. The Kier molecular flexibility index (Phi) is 5.30. The van der Waals surface area contributed by atoms with E-state index in [9.17, 15) is 14.7 Å². The number of benzene rings is 2. The Bertz CT molecular complexity index is 872. The number of carbonyl (C=O) groups is 2. The summed E-state index contributed by atoms with van der Waals surface area (Å²) in [6.07, 6.45) is 0. The summed E-state index contributed by atoms with van der Waals surface area (Å²) in [5, 5.41) is 15.0. The van der Waals surface area contributed by atoms with Gasteiger partial charge in [-0.2, -0.15) is 0 Å². The molecule has 0 aliphatic carbocycles. The molecule has 7 nitrogen and oxygen atoms in total. The van der Waals surface area contributed by atoms with Gasteiger partial charge in [0.1, 0.15) is 11.5 Å². The highest BCUT2D eigenvalue weighted by atomic mass is 16.5. The van der Waals surface area contributed by atoms with Crippen LogP contribution < -0.4 is 15.4 Å². The minimum atomic E-state index is -0.712. The lowest BCUT2D eigenvalue weighted by Crippen LogP contribution is -2.45. The summed E-state index contributed by atoms with van der Waals surface area (Å²) in [7, 11) is 1.56. The number of methoxy groups -OCH3 is 1. The predicted octanol–water partition coefficient (Wildman–Crippen LogP) is 2.73. The maximum atomic E-state index is 12.7. The molecule has 1 aliphatic rings. The predicted molar refractivity (Wildman–Crippen MR) is 99.1 cm³/mol. The van der Waals surface area contributed by atoms with Crippen LogP contribution in [0.1, 0.15) is 24.1 Å². The van der Waals surface area contributed by atoms with Gasteiger partial charge < -0.3 is 25.2 Å². The van der Waals surface area contributed by atoms with Gasteiger partial charge in [-0.3, -0.25) is 0 Å². The minimum absolute atomic E-state index is 0.0936. The monoisotopic (exact) mass is 368 g/mol. The third kappa shape index (κ3) is 3.87. The van der Waals surface area contributed by atoms with Crippen molar-refractivity contribution in [1.82, 2.24) is 10.6 Å². The highest BCUT2D eigenvalue weighted by Crippen LogP contribution is 2.33. The molecule has 1 heterocycles. The number of hydrogen-bond acceptors (Lipinski definition) is 5. The molecule has 27 heavy (non-hydrogen) atoms. The van der Waals surface area contributed by atoms with Crippen molar-refractivity contribution in [2.45, 2.75) is 13.0 Å². The number of ether oxygens (including phenoxy) is 2. The van der Waals surface area contributed by atoms with Crippen LogP contribution in [0.15, 0.2) is 54.1 Å². The van der Waals surface area contributed by atoms with Crippen LogP contribution in [0.3, 0.4) is 0 Å². The van der Waals surface area contributed by atoms with E-state index in [1.165, 1.54) is 12.1 Å². The number of phenols is 1. The maximum absolute atomic E-state index is 12.7. The van der Waals surface area contributed by atoms with E-state index in [1.54, 1.807) is 50.4 Å². The number of esters is 1. The third-order valence-corrected chi connectivity index (χ3v) is 4.17. The van der Waals surface area contributed by atoms with Gasteiger partial charge in [0.2, 0.25) is 0 Å². The number of carbonyl (C=O) groups excluding carboxylic acids is 2. The van der Waals surface area contributed by atoms with Gasteiger partial charge in [-0.25, -0.2) is 9.59 Å². The summed E-state index contributed by atoms with van der Waals surface area (Å²) in [4.78, 5) is 25.0. The first kappa shape index (κ1) is 18.3. The van der Waals surface area contributed by atoms with Crippen LogP contribution in [0, 0.1) is 0 Å². The van der Waals surface area contributed by atoms with Crippen LogP contribution in [0.4, 0.5) is 4.79 Å². The molecule has 3 N–H and O–H groups in total. The fraction of sp³-hybridized carbons (Fsp3) is 0.200. The lowest BCUT2D eigenvalue weighted by atomic mass is 9.92. The molecular formula is C20H20N2O5. The van der Waals surface area contributed by atoms with Gasteiger partial charge in [0.05, 0.1) is 31.0 Å². The first-order valence-corrected chi connectivity index (χ1v) is 8.45. The lowest BCUT2D eigenvalue weighted by Gasteiger charge is -2.29. The topological polar surface area (TPSA) is 96.9 Å². The van der Waals surface area contributed by atoms with Crippen molar-refractivity contribution in [2.75, 3.05) is 13.7 Å². The molecule has 2 aromatic carbocycles. The van der Waals surface area contributed by atoms with E-state index in [0.717, 1.165) is 0 Å². The van der Waals surface area contributed by atoms with Crippen LogP contribution in [-0.4, -0.2) is 30.8 Å². The highest BCUT2D eigenvalue weighted by molar-refractivity contribution is 6.04. The van der Waals surface area contributed by atoms with Crippen molar-refractivity contribution in [3.05, 3.63) is 65.2 Å². The first-order chi connectivity index (χ1) is 13.0. The Morgan fingerprint density at radius 2 is 1.78 bits per heavy atom. The maximum Gasteiger partial charge on any atom is 0.338 e. The Hall–Kier alpha value is -3.48. The lowest BCUT2D eigenvalue weighted by molar-refractivity contribution is -0.138. The molecule has 1 atom stereocenters. The second-order valence-corrected chi connectivity index (χ2v) is 5.86. The van der Waals surface area contributed by atoms with Crippen LogP contribution in [0.25, 0.3) is 5.70 Å². The molecule has 0 fully saturated rings. The van der Waals surface area contributed by atoms with E-state index < -0.39 is 18.0 Å². The largest absolute Gasteiger partial charge is 0.508 e. The number of nitrogens with one attached hydrogen (secondary N) is 2. The van der Waals surface area contributed by atoms with E-state index in [2.05, 4.69) is 10.6 Å². The minimum Gasteiger partial charge on any atom is -0.508 e.